The Morgan fingerprint density at radius 1 is 1.33 bits per heavy atom. The van der Waals surface area contributed by atoms with Gasteiger partial charge in [-0.2, -0.15) is 0 Å². The summed E-state index contributed by atoms with van der Waals surface area (Å²) in [4.78, 5) is 25.5. The normalized spacial score (nSPS) is 11.1. The van der Waals surface area contributed by atoms with Crippen molar-refractivity contribution in [1.29, 1.82) is 0 Å². The summed E-state index contributed by atoms with van der Waals surface area (Å²) in [5.41, 5.74) is 0.897. The number of pyridine rings is 1. The molecule has 3 rings (SSSR count). The molecule has 142 valence electrons. The van der Waals surface area contributed by atoms with Gasteiger partial charge in [-0.15, -0.1) is 0 Å². The van der Waals surface area contributed by atoms with Crippen molar-refractivity contribution < 1.29 is 18.3 Å². The fraction of sp³-hybridized carbons (Fsp3) is 0.300. The average Bonchev–Trinajstić information content (AvgIpc) is 2.98. The summed E-state index contributed by atoms with van der Waals surface area (Å²) in [7, 11) is 1.59. The molecule has 3 aromatic rings. The van der Waals surface area contributed by atoms with Gasteiger partial charge in [0.25, 0.3) is 11.5 Å². The van der Waals surface area contributed by atoms with Crippen LogP contribution in [0, 0.1) is 12.7 Å². The van der Waals surface area contributed by atoms with Crippen molar-refractivity contribution in [1.82, 2.24) is 9.88 Å². The molecule has 0 fully saturated rings. The molecule has 1 N–H and O–H groups in total. The van der Waals surface area contributed by atoms with Crippen LogP contribution in [0.15, 0.2) is 45.7 Å². The van der Waals surface area contributed by atoms with E-state index in [1.165, 1.54) is 16.7 Å². The number of amides is 1. The number of nitrogens with one attached hydrogen (secondary N) is 1. The van der Waals surface area contributed by atoms with E-state index in [1.807, 2.05) is 0 Å². The van der Waals surface area contributed by atoms with Crippen LogP contribution >= 0.6 is 0 Å². The number of benzene rings is 1. The van der Waals surface area contributed by atoms with Crippen LogP contribution in [-0.4, -0.2) is 30.7 Å². The second-order valence-corrected chi connectivity index (χ2v) is 6.25. The second kappa shape index (κ2) is 8.18. The van der Waals surface area contributed by atoms with Gasteiger partial charge in [-0.25, -0.2) is 4.39 Å². The average molecular weight is 372 g/mol. The summed E-state index contributed by atoms with van der Waals surface area (Å²) in [5, 5.41) is 3.01. The van der Waals surface area contributed by atoms with Crippen molar-refractivity contribution in [2.24, 2.45) is 0 Å². The fourth-order valence-electron chi connectivity index (χ4n) is 3.00. The molecule has 0 saturated carbocycles. The number of halogens is 1. The Kier molecular flexibility index (Phi) is 5.71. The number of methoxy groups -OCH3 is 1. The maximum atomic E-state index is 13.4. The van der Waals surface area contributed by atoms with Gasteiger partial charge in [0.05, 0.1) is 17.5 Å². The summed E-state index contributed by atoms with van der Waals surface area (Å²) < 4.78 is 25.4. The van der Waals surface area contributed by atoms with Crippen LogP contribution in [-0.2, 0) is 11.3 Å². The molecule has 1 aromatic carbocycles. The molecule has 0 radical (unpaired) electrons. The molecule has 0 spiro atoms. The Balaban J connectivity index is 1.94. The van der Waals surface area contributed by atoms with E-state index in [0.29, 0.717) is 36.5 Å². The van der Waals surface area contributed by atoms with Gasteiger partial charge < -0.3 is 19.0 Å². The Morgan fingerprint density at radius 2 is 2.15 bits per heavy atom. The zero-order chi connectivity index (χ0) is 19.4. The maximum absolute atomic E-state index is 13.4. The second-order valence-electron chi connectivity index (χ2n) is 6.25. The minimum atomic E-state index is -0.364. The number of fused-ring (bicyclic) bond motifs is 1. The quantitative estimate of drug-likeness (QED) is 0.647. The molecule has 0 aliphatic carbocycles. The molecular formula is C20H21FN2O4. The predicted octanol–water partition coefficient (Wildman–Crippen LogP) is 2.86. The van der Waals surface area contributed by atoms with Gasteiger partial charge in [-0.1, -0.05) is 12.1 Å². The number of carbonyl (C=O) groups is 1. The standard InChI is InChI=1S/C20H21FN2O4/c1-13-17(19(24)22-8-4-10-26-2)18-16(27-13)7-9-23(20(18)25)12-14-5-3-6-15(21)11-14/h3,5-7,9,11H,4,8,10,12H2,1-2H3,(H,22,24). The summed E-state index contributed by atoms with van der Waals surface area (Å²) in [5.74, 6) is -0.338. The van der Waals surface area contributed by atoms with Crippen molar-refractivity contribution in [2.75, 3.05) is 20.3 Å². The van der Waals surface area contributed by atoms with Crippen LogP contribution in [0.25, 0.3) is 11.0 Å². The molecule has 0 bridgehead atoms. The highest BCUT2D eigenvalue weighted by atomic mass is 19.1. The molecule has 0 aliphatic heterocycles. The lowest BCUT2D eigenvalue weighted by Gasteiger charge is -2.07. The molecule has 27 heavy (non-hydrogen) atoms. The summed E-state index contributed by atoms with van der Waals surface area (Å²) in [6.07, 6.45) is 2.25. The van der Waals surface area contributed by atoms with Gasteiger partial charge >= 0.3 is 0 Å². The van der Waals surface area contributed by atoms with Crippen LogP contribution in [0.2, 0.25) is 0 Å². The molecule has 6 nitrogen and oxygen atoms in total. The Morgan fingerprint density at radius 3 is 2.89 bits per heavy atom. The number of ether oxygens (including phenoxy) is 1. The first kappa shape index (κ1) is 18.8. The van der Waals surface area contributed by atoms with Gasteiger partial charge in [-0.05, 0) is 37.1 Å². The Hall–Kier alpha value is -2.93. The molecule has 2 heterocycles. The third-order valence-electron chi connectivity index (χ3n) is 4.27. The van der Waals surface area contributed by atoms with E-state index >= 15 is 0 Å². The molecule has 0 saturated heterocycles. The fourth-order valence-corrected chi connectivity index (χ4v) is 3.00. The van der Waals surface area contributed by atoms with Crippen LogP contribution < -0.4 is 10.9 Å². The Bertz CT molecular complexity index is 1020. The summed E-state index contributed by atoms with van der Waals surface area (Å²) in [6, 6.07) is 7.70. The van der Waals surface area contributed by atoms with E-state index in [9.17, 15) is 14.0 Å². The Labute approximate surface area is 155 Å². The number of aryl methyl sites for hydroxylation is 1. The van der Waals surface area contributed by atoms with Crippen molar-refractivity contribution in [3.63, 3.8) is 0 Å². The van der Waals surface area contributed by atoms with E-state index in [0.717, 1.165) is 0 Å². The highest BCUT2D eigenvalue weighted by Gasteiger charge is 2.21. The van der Waals surface area contributed by atoms with Crippen LogP contribution in [0.3, 0.4) is 0 Å². The number of rotatable bonds is 7. The van der Waals surface area contributed by atoms with E-state index in [-0.39, 0.29) is 34.8 Å². The number of hydrogen-bond acceptors (Lipinski definition) is 4. The number of aromatic nitrogens is 1. The van der Waals surface area contributed by atoms with Gasteiger partial charge in [0.15, 0.2) is 0 Å². The highest BCUT2D eigenvalue weighted by molar-refractivity contribution is 6.06. The monoisotopic (exact) mass is 372 g/mol. The minimum absolute atomic E-state index is 0.200. The zero-order valence-electron chi connectivity index (χ0n) is 15.3. The number of nitrogens with zero attached hydrogens (tertiary/aromatic N) is 1. The van der Waals surface area contributed by atoms with Crippen molar-refractivity contribution in [3.8, 4) is 0 Å². The largest absolute Gasteiger partial charge is 0.460 e. The number of carbonyl (C=O) groups excluding carboxylic acids is 1. The molecular weight excluding hydrogens is 351 g/mol. The summed E-state index contributed by atoms with van der Waals surface area (Å²) in [6.45, 7) is 2.82. The van der Waals surface area contributed by atoms with Gasteiger partial charge in [-0.3, -0.25) is 9.59 Å². The van der Waals surface area contributed by atoms with Gasteiger partial charge in [0.2, 0.25) is 0 Å². The van der Waals surface area contributed by atoms with Crippen molar-refractivity contribution >= 4 is 16.9 Å². The zero-order valence-corrected chi connectivity index (χ0v) is 15.3. The highest BCUT2D eigenvalue weighted by Crippen LogP contribution is 2.22. The molecule has 7 heteroatoms. The van der Waals surface area contributed by atoms with Crippen molar-refractivity contribution in [3.05, 3.63) is 69.6 Å². The number of furan rings is 1. The SMILES string of the molecule is COCCCNC(=O)c1c(C)oc2ccn(Cc3cccc(F)c3)c(=O)c12. The molecule has 0 atom stereocenters. The predicted molar refractivity (Wildman–Crippen MR) is 99.5 cm³/mol. The van der Waals surface area contributed by atoms with E-state index in [2.05, 4.69) is 5.32 Å². The molecule has 2 aromatic heterocycles. The first-order chi connectivity index (χ1) is 13.0. The van der Waals surface area contributed by atoms with Crippen LogP contribution in [0.1, 0.15) is 28.1 Å². The third-order valence-corrected chi connectivity index (χ3v) is 4.27. The number of hydrogen-bond donors (Lipinski definition) is 1. The molecule has 0 unspecified atom stereocenters. The smallest absolute Gasteiger partial charge is 0.262 e. The lowest BCUT2D eigenvalue weighted by atomic mass is 10.1. The summed E-state index contributed by atoms with van der Waals surface area (Å²) >= 11 is 0. The van der Waals surface area contributed by atoms with Gasteiger partial charge in [0, 0.05) is 26.5 Å². The topological polar surface area (TPSA) is 73.5 Å². The van der Waals surface area contributed by atoms with E-state index < -0.39 is 0 Å². The van der Waals surface area contributed by atoms with E-state index in [1.54, 1.807) is 38.4 Å². The molecule has 1 amide bonds. The van der Waals surface area contributed by atoms with Gasteiger partial charge in [0.1, 0.15) is 17.2 Å². The maximum Gasteiger partial charge on any atom is 0.262 e. The first-order valence-electron chi connectivity index (χ1n) is 8.65. The van der Waals surface area contributed by atoms with Crippen molar-refractivity contribution in [2.45, 2.75) is 19.9 Å². The molecule has 0 aliphatic rings. The lowest BCUT2D eigenvalue weighted by molar-refractivity contribution is 0.0948. The van der Waals surface area contributed by atoms with Crippen LogP contribution in [0.4, 0.5) is 4.39 Å². The van der Waals surface area contributed by atoms with Crippen LogP contribution in [0.5, 0.6) is 0 Å². The first-order valence-corrected chi connectivity index (χ1v) is 8.65. The lowest BCUT2D eigenvalue weighted by Crippen LogP contribution is -2.28. The minimum Gasteiger partial charge on any atom is -0.460 e. The van der Waals surface area contributed by atoms with E-state index in [4.69, 9.17) is 9.15 Å². The third kappa shape index (κ3) is 4.09.